The molecule has 0 bridgehead atoms. The van der Waals surface area contributed by atoms with Crippen molar-refractivity contribution in [1.29, 1.82) is 0 Å². The van der Waals surface area contributed by atoms with Gasteiger partial charge in [-0.15, -0.1) is 4.73 Å². The van der Waals surface area contributed by atoms with Crippen LogP contribution in [0.2, 0.25) is 0 Å². The summed E-state index contributed by atoms with van der Waals surface area (Å²) in [5.41, 5.74) is -0.394. The Bertz CT molecular complexity index is 810. The fraction of sp³-hybridized carbons (Fsp3) is 0.444. The number of nitrogens with zero attached hydrogens (tertiary/aromatic N) is 1. The maximum atomic E-state index is 13.4. The molecular formula is C18H21FN2O3. The van der Waals surface area contributed by atoms with E-state index in [0.717, 1.165) is 17.6 Å². The summed E-state index contributed by atoms with van der Waals surface area (Å²) in [6, 6.07) is 5.34. The summed E-state index contributed by atoms with van der Waals surface area (Å²) in [6.45, 7) is 0.581. The predicted octanol–water partition coefficient (Wildman–Crippen LogP) is 2.51. The molecule has 2 aromatic rings. The average Bonchev–Trinajstić information content (AvgIpc) is 2.60. The second-order valence-corrected chi connectivity index (χ2v) is 6.26. The van der Waals surface area contributed by atoms with E-state index in [4.69, 9.17) is 4.84 Å². The molecule has 24 heavy (non-hydrogen) atoms. The van der Waals surface area contributed by atoms with Crippen molar-refractivity contribution < 1.29 is 14.0 Å². The van der Waals surface area contributed by atoms with E-state index >= 15 is 0 Å². The van der Waals surface area contributed by atoms with Crippen LogP contribution in [0.25, 0.3) is 10.8 Å². The molecule has 6 heteroatoms. The van der Waals surface area contributed by atoms with Gasteiger partial charge >= 0.3 is 0 Å². The first-order valence-corrected chi connectivity index (χ1v) is 8.28. The number of carbonyl (C=O) groups excluding carboxylic acids is 1. The number of nitrogens with one attached hydrogen (secondary N) is 1. The van der Waals surface area contributed by atoms with Crippen LogP contribution in [-0.2, 0) is 0 Å². The third kappa shape index (κ3) is 3.27. The van der Waals surface area contributed by atoms with Gasteiger partial charge in [0.05, 0.1) is 5.39 Å². The largest absolute Gasteiger partial charge is 0.413 e. The first-order valence-electron chi connectivity index (χ1n) is 8.28. The Morgan fingerprint density at radius 1 is 1.29 bits per heavy atom. The van der Waals surface area contributed by atoms with Crippen molar-refractivity contribution in [1.82, 2.24) is 10.0 Å². The van der Waals surface area contributed by atoms with Crippen LogP contribution in [0.15, 0.2) is 29.1 Å². The smallest absolute Gasteiger partial charge is 0.291 e. The molecule has 1 saturated carbocycles. The number of halogens is 1. The SMILES string of the molecule is COn1c(C(=O)NCC2CCCCC2)cc2cc(F)ccc2c1=O. The molecule has 0 radical (unpaired) electrons. The molecule has 1 aromatic heterocycles. The van der Waals surface area contributed by atoms with E-state index in [1.54, 1.807) is 0 Å². The molecule has 0 saturated heterocycles. The Labute approximate surface area is 139 Å². The van der Waals surface area contributed by atoms with Gasteiger partial charge < -0.3 is 10.2 Å². The lowest BCUT2D eigenvalue weighted by Gasteiger charge is -2.22. The van der Waals surface area contributed by atoms with Gasteiger partial charge in [-0.2, -0.15) is 0 Å². The number of rotatable bonds is 4. The molecule has 1 fully saturated rings. The maximum absolute atomic E-state index is 13.4. The van der Waals surface area contributed by atoms with E-state index in [1.165, 1.54) is 50.6 Å². The first-order chi connectivity index (χ1) is 11.6. The van der Waals surface area contributed by atoms with Gasteiger partial charge in [0.15, 0.2) is 0 Å². The lowest BCUT2D eigenvalue weighted by atomic mass is 9.89. The third-order valence-electron chi connectivity index (χ3n) is 4.63. The Hall–Kier alpha value is -2.37. The molecule has 0 spiro atoms. The molecule has 1 aliphatic rings. The number of aromatic nitrogens is 1. The minimum absolute atomic E-state index is 0.0800. The highest BCUT2D eigenvalue weighted by Gasteiger charge is 2.19. The minimum atomic E-state index is -0.474. The van der Waals surface area contributed by atoms with Crippen LogP contribution in [0, 0.1) is 11.7 Å². The number of hydrogen-bond donors (Lipinski definition) is 1. The van der Waals surface area contributed by atoms with E-state index < -0.39 is 11.4 Å². The molecule has 128 valence electrons. The van der Waals surface area contributed by atoms with Gasteiger partial charge in [0.1, 0.15) is 18.6 Å². The monoisotopic (exact) mass is 332 g/mol. The predicted molar refractivity (Wildman–Crippen MR) is 89.6 cm³/mol. The van der Waals surface area contributed by atoms with Crippen LogP contribution >= 0.6 is 0 Å². The van der Waals surface area contributed by atoms with Gasteiger partial charge in [-0.1, -0.05) is 19.3 Å². The van der Waals surface area contributed by atoms with Gasteiger partial charge in [-0.3, -0.25) is 9.59 Å². The topological polar surface area (TPSA) is 60.3 Å². The number of amides is 1. The van der Waals surface area contributed by atoms with E-state index in [0.29, 0.717) is 23.2 Å². The summed E-state index contributed by atoms with van der Waals surface area (Å²) in [6.07, 6.45) is 5.86. The van der Waals surface area contributed by atoms with Crippen molar-refractivity contribution >= 4 is 16.7 Å². The summed E-state index contributed by atoms with van der Waals surface area (Å²) in [4.78, 5) is 30.0. The number of carbonyl (C=O) groups is 1. The molecule has 1 N–H and O–H groups in total. The average molecular weight is 332 g/mol. The molecule has 1 aromatic carbocycles. The zero-order valence-electron chi connectivity index (χ0n) is 13.7. The van der Waals surface area contributed by atoms with E-state index in [2.05, 4.69) is 5.32 Å². The van der Waals surface area contributed by atoms with E-state index in [9.17, 15) is 14.0 Å². The quantitative estimate of drug-likeness (QED) is 0.936. The molecule has 0 unspecified atom stereocenters. The summed E-state index contributed by atoms with van der Waals surface area (Å²) in [5, 5.41) is 3.57. The number of benzene rings is 1. The molecular weight excluding hydrogens is 311 g/mol. The molecule has 1 aliphatic carbocycles. The van der Waals surface area contributed by atoms with Gasteiger partial charge in [0.2, 0.25) is 0 Å². The van der Waals surface area contributed by atoms with Gasteiger partial charge in [0.25, 0.3) is 11.5 Å². The zero-order valence-corrected chi connectivity index (χ0v) is 13.7. The molecule has 3 rings (SSSR count). The molecule has 0 aliphatic heterocycles. The Morgan fingerprint density at radius 3 is 2.75 bits per heavy atom. The van der Waals surface area contributed by atoms with Crippen molar-refractivity contribution in [2.24, 2.45) is 5.92 Å². The van der Waals surface area contributed by atoms with Gasteiger partial charge in [0, 0.05) is 6.54 Å². The van der Waals surface area contributed by atoms with Crippen LogP contribution in [0.5, 0.6) is 0 Å². The highest BCUT2D eigenvalue weighted by atomic mass is 19.1. The lowest BCUT2D eigenvalue weighted by molar-refractivity contribution is 0.0875. The molecule has 0 atom stereocenters. The highest BCUT2D eigenvalue weighted by Crippen LogP contribution is 2.23. The van der Waals surface area contributed by atoms with Gasteiger partial charge in [-0.05, 0) is 48.4 Å². The Balaban J connectivity index is 1.89. The van der Waals surface area contributed by atoms with Gasteiger partial charge in [-0.25, -0.2) is 4.39 Å². The van der Waals surface area contributed by atoms with Crippen molar-refractivity contribution in [3.63, 3.8) is 0 Å². The lowest BCUT2D eigenvalue weighted by Crippen LogP contribution is -2.37. The summed E-state index contributed by atoms with van der Waals surface area (Å²) in [7, 11) is 1.33. The van der Waals surface area contributed by atoms with Crippen molar-refractivity contribution in [3.05, 3.63) is 46.1 Å². The van der Waals surface area contributed by atoms with Crippen LogP contribution in [0.1, 0.15) is 42.6 Å². The molecule has 5 nitrogen and oxygen atoms in total. The van der Waals surface area contributed by atoms with Crippen LogP contribution in [0.3, 0.4) is 0 Å². The van der Waals surface area contributed by atoms with Crippen LogP contribution in [-0.4, -0.2) is 24.3 Å². The van der Waals surface area contributed by atoms with E-state index in [-0.39, 0.29) is 11.6 Å². The molecule has 1 heterocycles. The highest BCUT2D eigenvalue weighted by molar-refractivity contribution is 5.96. The second-order valence-electron chi connectivity index (χ2n) is 6.26. The number of hydrogen-bond acceptors (Lipinski definition) is 3. The third-order valence-corrected chi connectivity index (χ3v) is 4.63. The maximum Gasteiger partial charge on any atom is 0.291 e. The van der Waals surface area contributed by atoms with Crippen molar-refractivity contribution in [2.75, 3.05) is 13.7 Å². The van der Waals surface area contributed by atoms with Crippen LogP contribution in [0.4, 0.5) is 4.39 Å². The van der Waals surface area contributed by atoms with Crippen molar-refractivity contribution in [2.45, 2.75) is 32.1 Å². The van der Waals surface area contributed by atoms with Crippen LogP contribution < -0.4 is 15.7 Å². The fourth-order valence-corrected chi connectivity index (χ4v) is 3.33. The number of pyridine rings is 1. The summed E-state index contributed by atoms with van der Waals surface area (Å²) in [5.74, 6) is -0.361. The fourth-order valence-electron chi connectivity index (χ4n) is 3.33. The Kier molecular flexibility index (Phi) is 4.83. The summed E-state index contributed by atoms with van der Waals surface area (Å²) < 4.78 is 14.4. The summed E-state index contributed by atoms with van der Waals surface area (Å²) >= 11 is 0. The number of fused-ring (bicyclic) bond motifs is 1. The zero-order chi connectivity index (χ0) is 17.1. The minimum Gasteiger partial charge on any atom is -0.413 e. The second kappa shape index (κ2) is 7.03. The van der Waals surface area contributed by atoms with E-state index in [1.807, 2.05) is 0 Å². The normalized spacial score (nSPS) is 15.4. The standard InChI is InChI=1S/C18H21FN2O3/c1-24-21-16(17(22)20-11-12-5-3-2-4-6-12)10-13-9-14(19)7-8-15(13)18(21)23/h7-10,12H,2-6,11H2,1H3,(H,20,22). The molecule has 1 amide bonds. The first kappa shape index (κ1) is 16.5. The Morgan fingerprint density at radius 2 is 2.04 bits per heavy atom. The van der Waals surface area contributed by atoms with Crippen molar-refractivity contribution in [3.8, 4) is 0 Å².